The van der Waals surface area contributed by atoms with Gasteiger partial charge in [-0.05, 0) is 19.1 Å². The van der Waals surface area contributed by atoms with E-state index >= 15 is 0 Å². The summed E-state index contributed by atoms with van der Waals surface area (Å²) in [6, 6.07) is 3.63. The Bertz CT molecular complexity index is 336. The first-order valence-corrected chi connectivity index (χ1v) is 3.29. The summed E-state index contributed by atoms with van der Waals surface area (Å²) in [7, 11) is 0. The Hall–Kier alpha value is -1.58. The molecule has 2 aromatic rings. The van der Waals surface area contributed by atoms with E-state index in [1.807, 2.05) is 13.0 Å². The number of H-pyrrole nitrogens is 1. The third kappa shape index (κ3) is 1.02. The number of aryl methyl sites for hydroxylation is 1. The zero-order valence-electron chi connectivity index (χ0n) is 6.03. The topological polar surface area (TPSA) is 54.7 Å². The van der Waals surface area contributed by atoms with Crippen LogP contribution in [0.25, 0.3) is 11.6 Å². The minimum Gasteiger partial charge on any atom is -0.461 e. The fourth-order valence-electron chi connectivity index (χ4n) is 0.859. The lowest BCUT2D eigenvalue weighted by molar-refractivity contribution is 0.577. The fourth-order valence-corrected chi connectivity index (χ4v) is 0.859. The van der Waals surface area contributed by atoms with Crippen molar-refractivity contribution in [2.75, 3.05) is 0 Å². The number of rotatable bonds is 1. The molecule has 0 aliphatic carbocycles. The largest absolute Gasteiger partial charge is 0.461 e. The quantitative estimate of drug-likeness (QED) is 0.666. The molecule has 0 aliphatic rings. The summed E-state index contributed by atoms with van der Waals surface area (Å²) >= 11 is 0. The van der Waals surface area contributed by atoms with E-state index in [9.17, 15) is 0 Å². The summed E-state index contributed by atoms with van der Waals surface area (Å²) in [5.74, 6) is 2.08. The zero-order chi connectivity index (χ0) is 7.68. The average Bonchev–Trinajstić information content (AvgIpc) is 2.55. The lowest BCUT2D eigenvalue weighted by Crippen LogP contribution is -1.75. The van der Waals surface area contributed by atoms with E-state index in [0.717, 1.165) is 5.82 Å². The van der Waals surface area contributed by atoms with Gasteiger partial charge >= 0.3 is 0 Å². The molecular weight excluding hydrogens is 142 g/mol. The van der Waals surface area contributed by atoms with Gasteiger partial charge in [0, 0.05) is 0 Å². The molecule has 4 nitrogen and oxygen atoms in total. The molecule has 2 rings (SSSR count). The highest BCUT2D eigenvalue weighted by Gasteiger charge is 2.04. The first kappa shape index (κ1) is 6.15. The van der Waals surface area contributed by atoms with E-state index in [1.54, 1.807) is 12.3 Å². The van der Waals surface area contributed by atoms with Crippen molar-refractivity contribution in [3.8, 4) is 11.6 Å². The number of nitrogens with one attached hydrogen (secondary N) is 1. The zero-order valence-corrected chi connectivity index (χ0v) is 6.03. The Labute approximate surface area is 63.3 Å². The van der Waals surface area contributed by atoms with Crippen LogP contribution in [0.2, 0.25) is 0 Å². The average molecular weight is 149 g/mol. The van der Waals surface area contributed by atoms with Gasteiger partial charge in [0.2, 0.25) is 5.82 Å². The molecule has 0 saturated heterocycles. The molecule has 2 heterocycles. The maximum atomic E-state index is 5.09. The molecule has 0 aromatic carbocycles. The second-order valence-electron chi connectivity index (χ2n) is 2.22. The first-order chi connectivity index (χ1) is 5.36. The predicted octanol–water partition coefficient (Wildman–Crippen LogP) is 1.37. The monoisotopic (exact) mass is 149 g/mol. The molecule has 0 aliphatic heterocycles. The number of hydrogen-bond acceptors (Lipinski definition) is 3. The molecule has 0 bridgehead atoms. The first-order valence-electron chi connectivity index (χ1n) is 3.29. The molecule has 11 heavy (non-hydrogen) atoms. The van der Waals surface area contributed by atoms with Gasteiger partial charge in [-0.3, -0.25) is 5.10 Å². The van der Waals surface area contributed by atoms with Gasteiger partial charge in [0.15, 0.2) is 5.76 Å². The normalized spacial score (nSPS) is 10.3. The molecule has 56 valence electrons. The molecule has 2 aromatic heterocycles. The van der Waals surface area contributed by atoms with Crippen LogP contribution in [-0.4, -0.2) is 15.2 Å². The number of furan rings is 1. The van der Waals surface area contributed by atoms with E-state index in [1.165, 1.54) is 0 Å². The van der Waals surface area contributed by atoms with Crippen LogP contribution in [0.5, 0.6) is 0 Å². The number of nitrogens with zero attached hydrogens (tertiary/aromatic N) is 2. The van der Waals surface area contributed by atoms with Crippen molar-refractivity contribution in [3.05, 3.63) is 24.2 Å². The Morgan fingerprint density at radius 2 is 2.45 bits per heavy atom. The molecule has 0 atom stereocenters. The van der Waals surface area contributed by atoms with Gasteiger partial charge in [0.25, 0.3) is 0 Å². The second kappa shape index (κ2) is 2.23. The van der Waals surface area contributed by atoms with Crippen molar-refractivity contribution in [2.45, 2.75) is 6.92 Å². The van der Waals surface area contributed by atoms with Gasteiger partial charge in [-0.1, -0.05) is 0 Å². The van der Waals surface area contributed by atoms with Gasteiger partial charge < -0.3 is 4.42 Å². The number of aromatic nitrogens is 3. The number of aromatic amines is 1. The van der Waals surface area contributed by atoms with Crippen molar-refractivity contribution in [1.29, 1.82) is 0 Å². The summed E-state index contributed by atoms with van der Waals surface area (Å²) < 4.78 is 5.09. The van der Waals surface area contributed by atoms with Crippen molar-refractivity contribution >= 4 is 0 Å². The maximum absolute atomic E-state index is 5.09. The summed E-state index contributed by atoms with van der Waals surface area (Å²) in [4.78, 5) is 4.09. The van der Waals surface area contributed by atoms with Crippen molar-refractivity contribution in [3.63, 3.8) is 0 Å². The third-order valence-corrected chi connectivity index (χ3v) is 1.34. The van der Waals surface area contributed by atoms with Crippen LogP contribution in [0.4, 0.5) is 0 Å². The van der Waals surface area contributed by atoms with Gasteiger partial charge in [-0.2, -0.15) is 5.10 Å². The van der Waals surface area contributed by atoms with Gasteiger partial charge in [-0.25, -0.2) is 4.98 Å². The molecular formula is C7H7N3O. The molecule has 0 spiro atoms. The summed E-state index contributed by atoms with van der Waals surface area (Å²) in [6.45, 7) is 1.85. The Morgan fingerprint density at radius 1 is 1.55 bits per heavy atom. The molecule has 0 unspecified atom stereocenters. The molecule has 0 saturated carbocycles. The van der Waals surface area contributed by atoms with Crippen molar-refractivity contribution in [1.82, 2.24) is 15.2 Å². The van der Waals surface area contributed by atoms with Gasteiger partial charge in [-0.15, -0.1) is 0 Å². The predicted molar refractivity (Wildman–Crippen MR) is 38.8 cm³/mol. The lowest BCUT2D eigenvalue weighted by Gasteiger charge is -1.82. The standard InChI is InChI=1S/C7H7N3O/c1-5-8-7(10-9-5)6-3-2-4-11-6/h2-4H,1H3,(H,8,9,10). The third-order valence-electron chi connectivity index (χ3n) is 1.34. The smallest absolute Gasteiger partial charge is 0.216 e. The molecule has 0 radical (unpaired) electrons. The van der Waals surface area contributed by atoms with E-state index in [2.05, 4.69) is 15.2 Å². The maximum Gasteiger partial charge on any atom is 0.216 e. The van der Waals surface area contributed by atoms with Crippen LogP contribution in [0, 0.1) is 6.92 Å². The van der Waals surface area contributed by atoms with Crippen LogP contribution in [-0.2, 0) is 0 Å². The summed E-state index contributed by atoms with van der Waals surface area (Å²) in [5.41, 5.74) is 0. The van der Waals surface area contributed by atoms with Gasteiger partial charge in [0.05, 0.1) is 6.26 Å². The SMILES string of the molecule is Cc1nc(-c2ccco2)n[nH]1. The summed E-state index contributed by atoms with van der Waals surface area (Å²) in [5, 5.41) is 6.66. The van der Waals surface area contributed by atoms with Crippen molar-refractivity contribution < 1.29 is 4.42 Å². The summed E-state index contributed by atoms with van der Waals surface area (Å²) in [6.07, 6.45) is 1.60. The van der Waals surface area contributed by atoms with E-state index in [4.69, 9.17) is 4.42 Å². The van der Waals surface area contributed by atoms with Crippen LogP contribution >= 0.6 is 0 Å². The fraction of sp³-hybridized carbons (Fsp3) is 0.143. The van der Waals surface area contributed by atoms with Crippen LogP contribution in [0.15, 0.2) is 22.8 Å². The van der Waals surface area contributed by atoms with Crippen LogP contribution < -0.4 is 0 Å². The highest BCUT2D eigenvalue weighted by atomic mass is 16.3. The molecule has 4 heteroatoms. The minimum atomic E-state index is 0.604. The Kier molecular flexibility index (Phi) is 1.25. The lowest BCUT2D eigenvalue weighted by atomic mass is 10.4. The van der Waals surface area contributed by atoms with Crippen molar-refractivity contribution in [2.24, 2.45) is 0 Å². The van der Waals surface area contributed by atoms with E-state index in [0.29, 0.717) is 11.6 Å². The highest BCUT2D eigenvalue weighted by molar-refractivity contribution is 5.44. The minimum absolute atomic E-state index is 0.604. The van der Waals surface area contributed by atoms with Gasteiger partial charge in [0.1, 0.15) is 5.82 Å². The molecule has 0 amide bonds. The Balaban J connectivity index is 2.45. The van der Waals surface area contributed by atoms with Crippen LogP contribution in [0.1, 0.15) is 5.82 Å². The molecule has 1 N–H and O–H groups in total. The highest BCUT2D eigenvalue weighted by Crippen LogP contribution is 2.13. The Morgan fingerprint density at radius 3 is 3.00 bits per heavy atom. The van der Waals surface area contributed by atoms with E-state index < -0.39 is 0 Å². The van der Waals surface area contributed by atoms with Crippen LogP contribution in [0.3, 0.4) is 0 Å². The number of hydrogen-bond donors (Lipinski definition) is 1. The van der Waals surface area contributed by atoms with E-state index in [-0.39, 0.29) is 0 Å². The second-order valence-corrected chi connectivity index (χ2v) is 2.22. The molecule has 0 fully saturated rings.